The van der Waals surface area contributed by atoms with Gasteiger partial charge in [0.25, 0.3) is 0 Å². The number of amides is 1. The number of carbonyl (C=O) groups is 4. The second-order valence-corrected chi connectivity index (χ2v) is 6.51. The molecule has 0 aromatic carbocycles. The van der Waals surface area contributed by atoms with Crippen LogP contribution in [0.5, 0.6) is 0 Å². The zero-order chi connectivity index (χ0) is 20.8. The number of ether oxygens (including phenoxy) is 6. The lowest BCUT2D eigenvalue weighted by Crippen LogP contribution is -2.66. The van der Waals surface area contributed by atoms with E-state index in [9.17, 15) is 19.2 Å². The van der Waals surface area contributed by atoms with Crippen molar-refractivity contribution < 1.29 is 47.6 Å². The molecule has 2 fully saturated rings. The van der Waals surface area contributed by atoms with Crippen LogP contribution in [0.3, 0.4) is 0 Å². The molecule has 0 aromatic heterocycles. The van der Waals surface area contributed by atoms with Gasteiger partial charge in [0.1, 0.15) is 24.9 Å². The molecule has 0 radical (unpaired) electrons. The minimum Gasteiger partial charge on any atom is -0.463 e. The van der Waals surface area contributed by atoms with Gasteiger partial charge in [-0.3, -0.25) is 19.2 Å². The van der Waals surface area contributed by atoms with Gasteiger partial charge in [-0.2, -0.15) is 0 Å². The monoisotopic (exact) mass is 403 g/mol. The molecule has 0 saturated carbocycles. The number of rotatable bonds is 8. The number of carbonyl (C=O) groups excluding carboxylic acids is 4. The van der Waals surface area contributed by atoms with Crippen LogP contribution in [0.25, 0.3) is 0 Å². The fourth-order valence-electron chi connectivity index (χ4n) is 2.80. The summed E-state index contributed by atoms with van der Waals surface area (Å²) in [6.45, 7) is 5.30. The first-order valence-corrected chi connectivity index (χ1v) is 8.81. The lowest BCUT2D eigenvalue weighted by atomic mass is 9.96. The van der Waals surface area contributed by atoms with Crippen molar-refractivity contribution in [2.45, 2.75) is 64.4 Å². The largest absolute Gasteiger partial charge is 0.463 e. The first-order valence-electron chi connectivity index (χ1n) is 8.81. The lowest BCUT2D eigenvalue weighted by molar-refractivity contribution is -0.278. The second kappa shape index (κ2) is 9.80. The van der Waals surface area contributed by atoms with Crippen molar-refractivity contribution >= 4 is 23.8 Å². The summed E-state index contributed by atoms with van der Waals surface area (Å²) in [4.78, 5) is 46.2. The molecule has 0 unspecified atom stereocenters. The summed E-state index contributed by atoms with van der Waals surface area (Å²) in [5, 5.41) is 2.61. The Balaban J connectivity index is 2.29. The van der Waals surface area contributed by atoms with Gasteiger partial charge in [0.2, 0.25) is 5.91 Å². The van der Waals surface area contributed by atoms with E-state index < -0.39 is 54.5 Å². The summed E-state index contributed by atoms with van der Waals surface area (Å²) >= 11 is 0. The molecule has 1 N–H and O–H groups in total. The van der Waals surface area contributed by atoms with Gasteiger partial charge in [-0.1, -0.05) is 0 Å². The molecule has 2 aliphatic heterocycles. The van der Waals surface area contributed by atoms with Crippen molar-refractivity contribution in [3.05, 3.63) is 0 Å². The van der Waals surface area contributed by atoms with Crippen LogP contribution in [0.2, 0.25) is 0 Å². The molecule has 11 heteroatoms. The van der Waals surface area contributed by atoms with Gasteiger partial charge in [-0.25, -0.2) is 0 Å². The van der Waals surface area contributed by atoms with Gasteiger partial charge in [-0.05, 0) is 0 Å². The highest BCUT2D eigenvalue weighted by Crippen LogP contribution is 2.28. The summed E-state index contributed by atoms with van der Waals surface area (Å²) in [7, 11) is 0. The zero-order valence-electron chi connectivity index (χ0n) is 16.2. The SMILES string of the molecule is CC(=O)N[C@H]1[C@H](OC[C@H]2CO2)O[C@H](COC(C)=O)[C@@H](OC(C)=O)[C@@H]1OC(C)=O. The van der Waals surface area contributed by atoms with E-state index >= 15 is 0 Å². The zero-order valence-corrected chi connectivity index (χ0v) is 16.2. The fraction of sp³-hybridized carbons (Fsp3) is 0.765. The maximum absolute atomic E-state index is 11.7. The molecule has 2 aliphatic rings. The van der Waals surface area contributed by atoms with Crippen molar-refractivity contribution in [3.63, 3.8) is 0 Å². The Morgan fingerprint density at radius 3 is 2.04 bits per heavy atom. The lowest BCUT2D eigenvalue weighted by Gasteiger charge is -2.44. The number of nitrogens with one attached hydrogen (secondary N) is 1. The molecule has 2 heterocycles. The van der Waals surface area contributed by atoms with Crippen LogP contribution < -0.4 is 5.32 Å². The summed E-state index contributed by atoms with van der Waals surface area (Å²) in [5.41, 5.74) is 0. The quantitative estimate of drug-likeness (QED) is 0.307. The molecule has 0 aromatic rings. The maximum atomic E-state index is 11.7. The standard InChI is InChI=1S/C17H25NO10/c1-8(19)18-14-16(27-11(4)22)15(26-10(3)21)13(7-23-9(2)20)28-17(14)25-6-12-5-24-12/h12-17H,5-7H2,1-4H3,(H,18,19)/t12-,13-,14-,15-,16-,17-/m1/s1. The van der Waals surface area contributed by atoms with E-state index in [1.807, 2.05) is 0 Å². The molecule has 2 rings (SSSR count). The van der Waals surface area contributed by atoms with Crippen LogP contribution in [0.15, 0.2) is 0 Å². The minimum atomic E-state index is -1.13. The molecule has 0 aliphatic carbocycles. The third kappa shape index (κ3) is 6.73. The van der Waals surface area contributed by atoms with Crippen LogP contribution in [0, 0.1) is 0 Å². The summed E-state index contributed by atoms with van der Waals surface area (Å²) in [6.07, 6.45) is -4.37. The van der Waals surface area contributed by atoms with Crippen molar-refractivity contribution in [3.8, 4) is 0 Å². The van der Waals surface area contributed by atoms with E-state index in [1.54, 1.807) is 0 Å². The third-order valence-corrected chi connectivity index (χ3v) is 3.92. The number of hydrogen-bond acceptors (Lipinski definition) is 10. The molecule has 6 atom stereocenters. The summed E-state index contributed by atoms with van der Waals surface area (Å²) < 4.78 is 32.2. The third-order valence-electron chi connectivity index (χ3n) is 3.92. The van der Waals surface area contributed by atoms with Gasteiger partial charge >= 0.3 is 17.9 Å². The fourth-order valence-corrected chi connectivity index (χ4v) is 2.80. The second-order valence-electron chi connectivity index (χ2n) is 6.51. The number of epoxide rings is 1. The molecule has 28 heavy (non-hydrogen) atoms. The van der Waals surface area contributed by atoms with Gasteiger partial charge in [-0.15, -0.1) is 0 Å². The topological polar surface area (TPSA) is 139 Å². The smallest absolute Gasteiger partial charge is 0.303 e. The van der Waals surface area contributed by atoms with Crippen molar-refractivity contribution in [2.75, 3.05) is 19.8 Å². The predicted molar refractivity (Wildman–Crippen MR) is 89.7 cm³/mol. The highest BCUT2D eigenvalue weighted by Gasteiger charge is 2.51. The van der Waals surface area contributed by atoms with E-state index in [2.05, 4.69) is 5.32 Å². The van der Waals surface area contributed by atoms with Crippen molar-refractivity contribution in [2.24, 2.45) is 0 Å². The molecular formula is C17H25NO10. The maximum Gasteiger partial charge on any atom is 0.303 e. The minimum absolute atomic E-state index is 0.0909. The Labute approximate surface area is 161 Å². The molecule has 158 valence electrons. The first-order chi connectivity index (χ1) is 13.2. The van der Waals surface area contributed by atoms with Gasteiger partial charge in [0.05, 0.1) is 13.2 Å². The van der Waals surface area contributed by atoms with Crippen molar-refractivity contribution in [1.29, 1.82) is 0 Å². The molecule has 1 amide bonds. The van der Waals surface area contributed by atoms with Crippen LogP contribution in [-0.4, -0.2) is 80.4 Å². The Hall–Kier alpha value is -2.24. The highest BCUT2D eigenvalue weighted by atomic mass is 16.7. The highest BCUT2D eigenvalue weighted by molar-refractivity contribution is 5.73. The van der Waals surface area contributed by atoms with E-state index in [1.165, 1.54) is 27.7 Å². The Kier molecular flexibility index (Phi) is 7.72. The van der Waals surface area contributed by atoms with Crippen LogP contribution in [-0.2, 0) is 47.6 Å². The number of esters is 3. The van der Waals surface area contributed by atoms with Gasteiger partial charge in [0, 0.05) is 27.7 Å². The molecular weight excluding hydrogens is 378 g/mol. The van der Waals surface area contributed by atoms with E-state index in [0.29, 0.717) is 6.61 Å². The number of hydrogen-bond donors (Lipinski definition) is 1. The van der Waals surface area contributed by atoms with E-state index in [0.717, 1.165) is 0 Å². The Morgan fingerprint density at radius 2 is 1.54 bits per heavy atom. The summed E-state index contributed by atoms with van der Waals surface area (Å²) in [5.74, 6) is -2.31. The van der Waals surface area contributed by atoms with Crippen LogP contribution >= 0.6 is 0 Å². The molecule has 0 spiro atoms. The predicted octanol–water partition coefficient (Wildman–Crippen LogP) is -0.942. The average molecular weight is 403 g/mol. The molecule has 11 nitrogen and oxygen atoms in total. The first kappa shape index (κ1) is 22.1. The molecule has 0 bridgehead atoms. The van der Waals surface area contributed by atoms with Gasteiger partial charge in [0.15, 0.2) is 18.5 Å². The van der Waals surface area contributed by atoms with E-state index in [-0.39, 0.29) is 19.3 Å². The van der Waals surface area contributed by atoms with Crippen molar-refractivity contribution in [1.82, 2.24) is 5.32 Å². The van der Waals surface area contributed by atoms with Crippen LogP contribution in [0.4, 0.5) is 0 Å². The van der Waals surface area contributed by atoms with Crippen LogP contribution in [0.1, 0.15) is 27.7 Å². The average Bonchev–Trinajstić information content (AvgIpc) is 3.38. The normalized spacial score (nSPS) is 31.4. The Bertz CT molecular complexity index is 605. The van der Waals surface area contributed by atoms with Gasteiger partial charge < -0.3 is 33.7 Å². The Morgan fingerprint density at radius 1 is 0.929 bits per heavy atom. The molecule has 2 saturated heterocycles. The van der Waals surface area contributed by atoms with E-state index in [4.69, 9.17) is 28.4 Å². The summed E-state index contributed by atoms with van der Waals surface area (Å²) in [6, 6.07) is -0.960.